The van der Waals surface area contributed by atoms with Crippen LogP contribution in [0, 0.1) is 6.92 Å². The molecule has 0 radical (unpaired) electrons. The number of hydrogen-bond acceptors (Lipinski definition) is 4. The van der Waals surface area contributed by atoms with Crippen LogP contribution in [0.2, 0.25) is 0 Å². The number of rotatable bonds is 5. The third-order valence-corrected chi connectivity index (χ3v) is 2.45. The number of nitrogens with one attached hydrogen (secondary N) is 1. The van der Waals surface area contributed by atoms with Crippen molar-refractivity contribution in [1.82, 2.24) is 5.32 Å². The second-order valence-corrected chi connectivity index (χ2v) is 3.78. The number of aliphatic hydroxyl groups is 1. The van der Waals surface area contributed by atoms with Gasteiger partial charge in [0.25, 0.3) is 5.91 Å². The summed E-state index contributed by atoms with van der Waals surface area (Å²) in [7, 11) is 0. The Labute approximate surface area is 106 Å². The van der Waals surface area contributed by atoms with Crippen LogP contribution >= 0.6 is 0 Å². The maximum Gasteiger partial charge on any atom is 0.331 e. The van der Waals surface area contributed by atoms with Crippen LogP contribution in [-0.2, 0) is 9.53 Å². The lowest BCUT2D eigenvalue weighted by Gasteiger charge is -2.15. The first-order valence-corrected chi connectivity index (χ1v) is 5.74. The highest BCUT2D eigenvalue weighted by atomic mass is 16.5. The van der Waals surface area contributed by atoms with Crippen molar-refractivity contribution < 1.29 is 19.4 Å². The maximum absolute atomic E-state index is 11.9. The summed E-state index contributed by atoms with van der Waals surface area (Å²) in [4.78, 5) is 23.3. The first-order chi connectivity index (χ1) is 8.60. The highest BCUT2D eigenvalue weighted by Gasteiger charge is 2.22. The molecule has 98 valence electrons. The van der Waals surface area contributed by atoms with Gasteiger partial charge in [0.2, 0.25) is 0 Å². The lowest BCUT2D eigenvalue weighted by atomic mass is 10.1. The molecule has 1 unspecified atom stereocenters. The molecule has 0 aromatic heterocycles. The average Bonchev–Trinajstić information content (AvgIpc) is 2.36. The summed E-state index contributed by atoms with van der Waals surface area (Å²) in [5.41, 5.74) is 1.27. The van der Waals surface area contributed by atoms with Crippen LogP contribution in [0.15, 0.2) is 24.3 Å². The molecule has 0 aliphatic rings. The normalized spacial score (nSPS) is 11.7. The van der Waals surface area contributed by atoms with Crippen LogP contribution < -0.4 is 5.32 Å². The number of esters is 1. The Morgan fingerprint density at radius 3 is 2.61 bits per heavy atom. The van der Waals surface area contributed by atoms with Gasteiger partial charge in [-0.25, -0.2) is 4.79 Å². The van der Waals surface area contributed by atoms with E-state index in [1.54, 1.807) is 32.0 Å². The molecule has 1 amide bonds. The standard InChI is InChI=1S/C13H17NO4/c1-3-18-13(17)11(8-15)14-12(16)10-7-5-4-6-9(10)2/h4-7,11,15H,3,8H2,1-2H3,(H,14,16). The van der Waals surface area contributed by atoms with Gasteiger partial charge in [0, 0.05) is 5.56 Å². The summed E-state index contributed by atoms with van der Waals surface area (Å²) in [5.74, 6) is -1.04. The van der Waals surface area contributed by atoms with E-state index in [1.807, 2.05) is 6.07 Å². The average molecular weight is 251 g/mol. The van der Waals surface area contributed by atoms with Crippen LogP contribution in [0.3, 0.4) is 0 Å². The summed E-state index contributed by atoms with van der Waals surface area (Å²) in [6.45, 7) is 3.18. The van der Waals surface area contributed by atoms with Gasteiger partial charge >= 0.3 is 5.97 Å². The molecule has 1 rings (SSSR count). The van der Waals surface area contributed by atoms with E-state index in [0.717, 1.165) is 5.56 Å². The summed E-state index contributed by atoms with van der Waals surface area (Å²) >= 11 is 0. The van der Waals surface area contributed by atoms with Gasteiger partial charge in [-0.1, -0.05) is 18.2 Å². The molecule has 0 bridgehead atoms. The van der Waals surface area contributed by atoms with E-state index in [-0.39, 0.29) is 6.61 Å². The first kappa shape index (κ1) is 14.2. The van der Waals surface area contributed by atoms with Gasteiger partial charge in [0.05, 0.1) is 13.2 Å². The quantitative estimate of drug-likeness (QED) is 0.753. The highest BCUT2D eigenvalue weighted by molar-refractivity contribution is 5.97. The minimum absolute atomic E-state index is 0.204. The number of hydrogen-bond donors (Lipinski definition) is 2. The molecule has 0 saturated carbocycles. The molecular formula is C13H17NO4. The summed E-state index contributed by atoms with van der Waals surface area (Å²) < 4.78 is 4.75. The van der Waals surface area contributed by atoms with E-state index >= 15 is 0 Å². The number of amides is 1. The fraction of sp³-hybridized carbons (Fsp3) is 0.385. The minimum Gasteiger partial charge on any atom is -0.464 e. The van der Waals surface area contributed by atoms with E-state index in [9.17, 15) is 9.59 Å². The zero-order chi connectivity index (χ0) is 13.5. The van der Waals surface area contributed by atoms with Crippen molar-refractivity contribution in [3.8, 4) is 0 Å². The Hall–Kier alpha value is -1.88. The van der Waals surface area contributed by atoms with Gasteiger partial charge in [-0.3, -0.25) is 4.79 Å². The summed E-state index contributed by atoms with van der Waals surface area (Å²) in [5, 5.41) is 11.5. The second-order valence-electron chi connectivity index (χ2n) is 3.78. The largest absolute Gasteiger partial charge is 0.464 e. The third-order valence-electron chi connectivity index (χ3n) is 2.45. The molecule has 1 atom stereocenters. The molecule has 0 saturated heterocycles. The molecule has 0 spiro atoms. The Bertz CT molecular complexity index is 431. The monoisotopic (exact) mass is 251 g/mol. The molecule has 18 heavy (non-hydrogen) atoms. The zero-order valence-electron chi connectivity index (χ0n) is 10.5. The second kappa shape index (κ2) is 6.76. The molecule has 0 aliphatic carbocycles. The topological polar surface area (TPSA) is 75.6 Å². The maximum atomic E-state index is 11.9. The smallest absolute Gasteiger partial charge is 0.331 e. The van der Waals surface area contributed by atoms with Crippen LogP contribution in [0.1, 0.15) is 22.8 Å². The van der Waals surface area contributed by atoms with Crippen molar-refractivity contribution in [2.45, 2.75) is 19.9 Å². The molecule has 2 N–H and O–H groups in total. The van der Waals surface area contributed by atoms with E-state index < -0.39 is 24.5 Å². The van der Waals surface area contributed by atoms with Gasteiger partial charge in [-0.05, 0) is 25.5 Å². The van der Waals surface area contributed by atoms with Crippen molar-refractivity contribution in [2.24, 2.45) is 0 Å². The molecule has 1 aromatic rings. The Morgan fingerprint density at radius 1 is 1.39 bits per heavy atom. The van der Waals surface area contributed by atoms with Crippen molar-refractivity contribution in [3.63, 3.8) is 0 Å². The molecule has 5 heteroatoms. The first-order valence-electron chi connectivity index (χ1n) is 5.74. The SMILES string of the molecule is CCOC(=O)C(CO)NC(=O)c1ccccc1C. The van der Waals surface area contributed by atoms with E-state index in [4.69, 9.17) is 9.84 Å². The predicted octanol–water partition coefficient (Wildman–Crippen LogP) is 0.649. The number of carbonyl (C=O) groups is 2. The number of aliphatic hydroxyl groups excluding tert-OH is 1. The van der Waals surface area contributed by atoms with Gasteiger partial charge in [0.15, 0.2) is 6.04 Å². The van der Waals surface area contributed by atoms with Crippen LogP contribution in [0.4, 0.5) is 0 Å². The van der Waals surface area contributed by atoms with Crippen molar-refractivity contribution in [1.29, 1.82) is 0 Å². The fourth-order valence-corrected chi connectivity index (χ4v) is 1.49. The molecular weight excluding hydrogens is 234 g/mol. The summed E-state index contributed by atoms with van der Waals surface area (Å²) in [6, 6.07) is 5.98. The molecule has 0 heterocycles. The number of carbonyl (C=O) groups excluding carboxylic acids is 2. The molecule has 5 nitrogen and oxygen atoms in total. The van der Waals surface area contributed by atoms with Crippen molar-refractivity contribution in [3.05, 3.63) is 35.4 Å². The fourth-order valence-electron chi connectivity index (χ4n) is 1.49. The van der Waals surface area contributed by atoms with E-state index in [0.29, 0.717) is 5.56 Å². The number of benzene rings is 1. The lowest BCUT2D eigenvalue weighted by molar-refractivity contribution is -0.146. The predicted molar refractivity (Wildman–Crippen MR) is 66.2 cm³/mol. The number of ether oxygens (including phenoxy) is 1. The van der Waals surface area contributed by atoms with E-state index in [2.05, 4.69) is 5.32 Å². The van der Waals surface area contributed by atoms with Gasteiger partial charge in [0.1, 0.15) is 0 Å². The minimum atomic E-state index is -1.03. The van der Waals surface area contributed by atoms with E-state index in [1.165, 1.54) is 0 Å². The number of aryl methyl sites for hydroxylation is 1. The molecule has 0 fully saturated rings. The van der Waals surface area contributed by atoms with Gasteiger partial charge in [-0.15, -0.1) is 0 Å². The summed E-state index contributed by atoms with van der Waals surface area (Å²) in [6.07, 6.45) is 0. The van der Waals surface area contributed by atoms with Crippen LogP contribution in [-0.4, -0.2) is 36.2 Å². The van der Waals surface area contributed by atoms with Crippen LogP contribution in [0.5, 0.6) is 0 Å². The molecule has 0 aliphatic heterocycles. The Balaban J connectivity index is 2.74. The van der Waals surface area contributed by atoms with Crippen molar-refractivity contribution in [2.75, 3.05) is 13.2 Å². The lowest BCUT2D eigenvalue weighted by Crippen LogP contribution is -2.44. The Morgan fingerprint density at radius 2 is 2.06 bits per heavy atom. The Kier molecular flexibility index (Phi) is 5.32. The zero-order valence-corrected chi connectivity index (χ0v) is 10.5. The molecule has 1 aromatic carbocycles. The third kappa shape index (κ3) is 3.56. The van der Waals surface area contributed by atoms with Crippen molar-refractivity contribution >= 4 is 11.9 Å². The highest BCUT2D eigenvalue weighted by Crippen LogP contribution is 2.07. The van der Waals surface area contributed by atoms with Gasteiger partial charge < -0.3 is 15.2 Å². The van der Waals surface area contributed by atoms with Crippen LogP contribution in [0.25, 0.3) is 0 Å². The van der Waals surface area contributed by atoms with Gasteiger partial charge in [-0.2, -0.15) is 0 Å².